The molecule has 0 aliphatic heterocycles. The van der Waals surface area contributed by atoms with E-state index in [1.54, 1.807) is 0 Å². The summed E-state index contributed by atoms with van der Waals surface area (Å²) in [5.41, 5.74) is 13.5. The quantitative estimate of drug-likeness (QED) is 0.875. The molecule has 2 aromatic carbocycles. The van der Waals surface area contributed by atoms with E-state index in [0.29, 0.717) is 5.92 Å². The van der Waals surface area contributed by atoms with Crippen LogP contribution in [0.15, 0.2) is 42.5 Å². The summed E-state index contributed by atoms with van der Waals surface area (Å²) in [6, 6.07) is 15.4. The molecule has 2 atom stereocenters. The van der Waals surface area contributed by atoms with Crippen molar-refractivity contribution in [1.82, 2.24) is 0 Å². The molecule has 2 aromatic rings. The summed E-state index contributed by atoms with van der Waals surface area (Å²) in [7, 11) is 0. The largest absolute Gasteiger partial charge is 0.324 e. The Kier molecular flexibility index (Phi) is 3.18. The number of fused-ring (bicyclic) bond motifs is 1. The Morgan fingerprint density at radius 2 is 1.75 bits per heavy atom. The average molecular weight is 265 g/mol. The third-order valence-electron chi connectivity index (χ3n) is 4.78. The van der Waals surface area contributed by atoms with E-state index in [9.17, 15) is 0 Å². The summed E-state index contributed by atoms with van der Waals surface area (Å²) in [5, 5.41) is 0. The molecule has 2 unspecified atom stereocenters. The van der Waals surface area contributed by atoms with Gasteiger partial charge < -0.3 is 5.73 Å². The van der Waals surface area contributed by atoms with Gasteiger partial charge in [-0.25, -0.2) is 0 Å². The summed E-state index contributed by atoms with van der Waals surface area (Å²) in [6.45, 7) is 6.58. The molecule has 2 N–H and O–H groups in total. The first-order chi connectivity index (χ1) is 9.47. The number of hydrogen-bond acceptors (Lipinski definition) is 1. The van der Waals surface area contributed by atoms with Crippen molar-refractivity contribution in [2.75, 3.05) is 0 Å². The van der Waals surface area contributed by atoms with E-state index < -0.39 is 0 Å². The molecule has 0 radical (unpaired) electrons. The Balaban J connectivity index is 2.00. The van der Waals surface area contributed by atoms with Gasteiger partial charge in [0.25, 0.3) is 0 Å². The lowest BCUT2D eigenvalue weighted by molar-refractivity contribution is 0.404. The SMILES string of the molecule is Cc1cc2c(cc1C)C(Cc1ccccc1)C(C)(N)C2. The fraction of sp³-hybridized carbons (Fsp3) is 0.368. The van der Waals surface area contributed by atoms with Crippen LogP contribution in [0.1, 0.15) is 40.7 Å². The highest BCUT2D eigenvalue weighted by atomic mass is 14.8. The van der Waals surface area contributed by atoms with Crippen LogP contribution in [0.2, 0.25) is 0 Å². The standard InChI is InChI=1S/C19H23N/c1-13-9-16-12-19(3,20)18(17(16)10-14(13)2)11-15-7-5-4-6-8-15/h4-10,18H,11-12,20H2,1-3H3. The predicted molar refractivity (Wildman–Crippen MR) is 85.1 cm³/mol. The van der Waals surface area contributed by atoms with E-state index in [0.717, 1.165) is 12.8 Å². The van der Waals surface area contributed by atoms with Gasteiger partial charge in [0, 0.05) is 11.5 Å². The van der Waals surface area contributed by atoms with E-state index >= 15 is 0 Å². The fourth-order valence-electron chi connectivity index (χ4n) is 3.46. The van der Waals surface area contributed by atoms with Crippen LogP contribution in [0.25, 0.3) is 0 Å². The highest BCUT2D eigenvalue weighted by Crippen LogP contribution is 2.42. The highest BCUT2D eigenvalue weighted by Gasteiger charge is 2.39. The number of nitrogens with two attached hydrogens (primary N) is 1. The molecule has 1 aliphatic rings. The number of rotatable bonds is 2. The van der Waals surface area contributed by atoms with Gasteiger partial charge in [-0.15, -0.1) is 0 Å². The Morgan fingerprint density at radius 1 is 1.10 bits per heavy atom. The van der Waals surface area contributed by atoms with Crippen LogP contribution in [-0.4, -0.2) is 5.54 Å². The first kappa shape index (κ1) is 13.4. The maximum Gasteiger partial charge on any atom is 0.0239 e. The molecule has 0 saturated heterocycles. The molecule has 0 fully saturated rings. The molecule has 20 heavy (non-hydrogen) atoms. The van der Waals surface area contributed by atoms with Gasteiger partial charge in [0.15, 0.2) is 0 Å². The van der Waals surface area contributed by atoms with E-state index in [1.807, 2.05) is 0 Å². The second-order valence-electron chi connectivity index (χ2n) is 6.56. The monoisotopic (exact) mass is 265 g/mol. The summed E-state index contributed by atoms with van der Waals surface area (Å²) >= 11 is 0. The first-order valence-corrected chi connectivity index (χ1v) is 7.40. The van der Waals surface area contributed by atoms with E-state index in [4.69, 9.17) is 5.73 Å². The molecule has 3 rings (SSSR count). The summed E-state index contributed by atoms with van der Waals surface area (Å²) in [6.07, 6.45) is 2.02. The first-order valence-electron chi connectivity index (χ1n) is 7.40. The minimum atomic E-state index is -0.140. The van der Waals surface area contributed by atoms with Crippen LogP contribution in [0.5, 0.6) is 0 Å². The van der Waals surface area contributed by atoms with Crippen molar-refractivity contribution in [1.29, 1.82) is 0 Å². The third kappa shape index (κ3) is 2.27. The van der Waals surface area contributed by atoms with Gasteiger partial charge in [-0.2, -0.15) is 0 Å². The summed E-state index contributed by atoms with van der Waals surface area (Å²) in [4.78, 5) is 0. The zero-order valence-electron chi connectivity index (χ0n) is 12.6. The molecular weight excluding hydrogens is 242 g/mol. The number of aryl methyl sites for hydroxylation is 2. The summed E-state index contributed by atoms with van der Waals surface area (Å²) in [5.74, 6) is 0.416. The van der Waals surface area contributed by atoms with Crippen LogP contribution in [0, 0.1) is 13.8 Å². The summed E-state index contributed by atoms with van der Waals surface area (Å²) < 4.78 is 0. The van der Waals surface area contributed by atoms with Gasteiger partial charge in [0.2, 0.25) is 0 Å². The van der Waals surface area contributed by atoms with Gasteiger partial charge in [-0.05, 0) is 61.4 Å². The van der Waals surface area contributed by atoms with Crippen LogP contribution in [0.3, 0.4) is 0 Å². The van der Waals surface area contributed by atoms with Crippen LogP contribution in [-0.2, 0) is 12.8 Å². The number of hydrogen-bond donors (Lipinski definition) is 1. The van der Waals surface area contributed by atoms with E-state index in [1.165, 1.54) is 27.8 Å². The smallest absolute Gasteiger partial charge is 0.0239 e. The lowest BCUT2D eigenvalue weighted by Crippen LogP contribution is -2.41. The molecule has 0 aromatic heterocycles. The lowest BCUT2D eigenvalue weighted by Gasteiger charge is -2.28. The molecule has 0 amide bonds. The highest BCUT2D eigenvalue weighted by molar-refractivity contribution is 5.46. The van der Waals surface area contributed by atoms with Crippen molar-refractivity contribution < 1.29 is 0 Å². The van der Waals surface area contributed by atoms with Crippen LogP contribution < -0.4 is 5.73 Å². The molecule has 0 saturated carbocycles. The second kappa shape index (κ2) is 4.75. The zero-order valence-corrected chi connectivity index (χ0v) is 12.6. The van der Waals surface area contributed by atoms with Gasteiger partial charge in [-0.3, -0.25) is 0 Å². The Labute approximate surface area is 121 Å². The fourth-order valence-corrected chi connectivity index (χ4v) is 3.46. The van der Waals surface area contributed by atoms with Gasteiger partial charge in [0.05, 0.1) is 0 Å². The minimum absolute atomic E-state index is 0.140. The van der Waals surface area contributed by atoms with Crippen molar-refractivity contribution >= 4 is 0 Å². The Bertz CT molecular complexity index is 626. The van der Waals surface area contributed by atoms with Gasteiger partial charge in [0.1, 0.15) is 0 Å². The van der Waals surface area contributed by atoms with E-state index in [-0.39, 0.29) is 5.54 Å². The normalized spacial score (nSPS) is 24.7. The lowest BCUT2D eigenvalue weighted by atomic mass is 9.82. The molecule has 0 spiro atoms. The minimum Gasteiger partial charge on any atom is -0.324 e. The second-order valence-corrected chi connectivity index (χ2v) is 6.56. The van der Waals surface area contributed by atoms with Gasteiger partial charge >= 0.3 is 0 Å². The van der Waals surface area contributed by atoms with Crippen LogP contribution >= 0.6 is 0 Å². The average Bonchev–Trinajstić information content (AvgIpc) is 2.63. The van der Waals surface area contributed by atoms with Crippen molar-refractivity contribution in [2.45, 2.75) is 45.1 Å². The number of benzene rings is 2. The molecule has 1 nitrogen and oxygen atoms in total. The topological polar surface area (TPSA) is 26.0 Å². The van der Waals surface area contributed by atoms with Crippen LogP contribution in [0.4, 0.5) is 0 Å². The molecule has 1 heteroatoms. The van der Waals surface area contributed by atoms with E-state index in [2.05, 4.69) is 63.2 Å². The predicted octanol–water partition coefficient (Wildman–Crippen LogP) is 3.90. The Hall–Kier alpha value is -1.60. The molecule has 1 aliphatic carbocycles. The van der Waals surface area contributed by atoms with Crippen molar-refractivity contribution in [2.24, 2.45) is 5.73 Å². The van der Waals surface area contributed by atoms with Crippen molar-refractivity contribution in [3.63, 3.8) is 0 Å². The third-order valence-corrected chi connectivity index (χ3v) is 4.78. The molecule has 104 valence electrons. The van der Waals surface area contributed by atoms with Gasteiger partial charge in [-0.1, -0.05) is 42.5 Å². The zero-order chi connectivity index (χ0) is 14.3. The Morgan fingerprint density at radius 3 is 2.45 bits per heavy atom. The molecule has 0 heterocycles. The maximum atomic E-state index is 6.62. The van der Waals surface area contributed by atoms with Crippen molar-refractivity contribution in [3.05, 3.63) is 70.3 Å². The molecule has 0 bridgehead atoms. The molecular formula is C19H23N. The van der Waals surface area contributed by atoms with Crippen molar-refractivity contribution in [3.8, 4) is 0 Å². The maximum absolute atomic E-state index is 6.62.